The number of carbonyl (C=O) groups is 1. The molecule has 2 rings (SSSR count). The Balaban J connectivity index is 1.72. The molecule has 0 fully saturated rings. The van der Waals surface area contributed by atoms with Crippen LogP contribution in [0.3, 0.4) is 0 Å². The first-order valence-electron chi connectivity index (χ1n) is 9.76. The van der Waals surface area contributed by atoms with Gasteiger partial charge in [0, 0.05) is 33.3 Å². The average molecular weight is 436 g/mol. The standard InChI is InChI=1S/C22H27F3N4O2/c1-26-21(27-12-11-16-5-4-6-17(15-16)20(30)29(2)3)28-13-14-31-19-9-7-18(8-10-19)22(23,24)25/h4-10,15H,11-14H2,1-3H3,(H2,26,27,28). The number of halogens is 3. The molecule has 0 heterocycles. The molecule has 0 bridgehead atoms. The quantitative estimate of drug-likeness (QED) is 0.379. The Morgan fingerprint density at radius 2 is 1.74 bits per heavy atom. The molecule has 0 aromatic heterocycles. The van der Waals surface area contributed by atoms with Crippen molar-refractivity contribution in [2.24, 2.45) is 4.99 Å². The zero-order valence-corrected chi connectivity index (χ0v) is 17.8. The van der Waals surface area contributed by atoms with Gasteiger partial charge in [-0.05, 0) is 48.4 Å². The summed E-state index contributed by atoms with van der Waals surface area (Å²) in [7, 11) is 5.07. The second-order valence-electron chi connectivity index (χ2n) is 6.95. The molecule has 0 saturated heterocycles. The molecule has 2 aromatic rings. The van der Waals surface area contributed by atoms with Crippen molar-refractivity contribution in [3.05, 3.63) is 65.2 Å². The Morgan fingerprint density at radius 1 is 1.06 bits per heavy atom. The van der Waals surface area contributed by atoms with Gasteiger partial charge in [0.1, 0.15) is 12.4 Å². The molecule has 0 aliphatic rings. The maximum absolute atomic E-state index is 12.6. The van der Waals surface area contributed by atoms with Crippen molar-refractivity contribution in [1.82, 2.24) is 15.5 Å². The first-order valence-corrected chi connectivity index (χ1v) is 9.76. The van der Waals surface area contributed by atoms with Crippen molar-refractivity contribution in [2.75, 3.05) is 40.8 Å². The van der Waals surface area contributed by atoms with E-state index in [1.54, 1.807) is 27.2 Å². The lowest BCUT2D eigenvalue weighted by atomic mass is 10.1. The normalized spacial score (nSPS) is 11.7. The van der Waals surface area contributed by atoms with Crippen LogP contribution in [0.4, 0.5) is 13.2 Å². The second kappa shape index (κ2) is 11.2. The number of amides is 1. The SMILES string of the molecule is CN=C(NCCOc1ccc(C(F)(F)F)cc1)NCCc1cccc(C(=O)N(C)C)c1. The molecular weight excluding hydrogens is 409 g/mol. The van der Waals surface area contributed by atoms with Crippen LogP contribution in [0.1, 0.15) is 21.5 Å². The van der Waals surface area contributed by atoms with Gasteiger partial charge >= 0.3 is 6.18 Å². The fourth-order valence-electron chi connectivity index (χ4n) is 2.74. The van der Waals surface area contributed by atoms with Crippen LogP contribution < -0.4 is 15.4 Å². The number of nitrogens with zero attached hydrogens (tertiary/aromatic N) is 2. The maximum Gasteiger partial charge on any atom is 0.416 e. The summed E-state index contributed by atoms with van der Waals surface area (Å²) in [4.78, 5) is 17.7. The van der Waals surface area contributed by atoms with Gasteiger partial charge in [0.15, 0.2) is 5.96 Å². The molecule has 0 radical (unpaired) electrons. The van der Waals surface area contributed by atoms with Crippen LogP contribution in [0.25, 0.3) is 0 Å². The Morgan fingerprint density at radius 3 is 2.35 bits per heavy atom. The molecule has 168 valence electrons. The summed E-state index contributed by atoms with van der Waals surface area (Å²) in [6.45, 7) is 1.30. The third-order valence-corrected chi connectivity index (χ3v) is 4.35. The lowest BCUT2D eigenvalue weighted by Gasteiger charge is -2.14. The van der Waals surface area contributed by atoms with E-state index < -0.39 is 11.7 Å². The van der Waals surface area contributed by atoms with Crippen LogP contribution in [-0.4, -0.2) is 57.6 Å². The van der Waals surface area contributed by atoms with Gasteiger partial charge in [0.2, 0.25) is 0 Å². The van der Waals surface area contributed by atoms with E-state index in [-0.39, 0.29) is 12.5 Å². The molecule has 31 heavy (non-hydrogen) atoms. The maximum atomic E-state index is 12.6. The lowest BCUT2D eigenvalue weighted by Crippen LogP contribution is -2.40. The largest absolute Gasteiger partial charge is 0.492 e. The van der Waals surface area contributed by atoms with Crippen LogP contribution in [0.2, 0.25) is 0 Å². The molecule has 0 saturated carbocycles. The van der Waals surface area contributed by atoms with Crippen molar-refractivity contribution in [2.45, 2.75) is 12.6 Å². The van der Waals surface area contributed by atoms with Gasteiger partial charge in [-0.1, -0.05) is 12.1 Å². The Hall–Kier alpha value is -3.23. The van der Waals surface area contributed by atoms with Gasteiger partial charge in [-0.25, -0.2) is 0 Å². The number of carbonyl (C=O) groups excluding carboxylic acids is 1. The van der Waals surface area contributed by atoms with E-state index in [0.29, 0.717) is 36.8 Å². The Bertz CT molecular complexity index is 881. The number of hydrogen-bond acceptors (Lipinski definition) is 3. The average Bonchev–Trinajstić information content (AvgIpc) is 2.74. The van der Waals surface area contributed by atoms with E-state index >= 15 is 0 Å². The molecule has 0 spiro atoms. The van der Waals surface area contributed by atoms with Crippen molar-refractivity contribution in [1.29, 1.82) is 0 Å². The van der Waals surface area contributed by atoms with Crippen molar-refractivity contribution >= 4 is 11.9 Å². The minimum atomic E-state index is -4.36. The van der Waals surface area contributed by atoms with Gasteiger partial charge in [-0.15, -0.1) is 0 Å². The highest BCUT2D eigenvalue weighted by atomic mass is 19.4. The first-order chi connectivity index (χ1) is 14.7. The zero-order valence-electron chi connectivity index (χ0n) is 17.8. The van der Waals surface area contributed by atoms with Gasteiger partial charge in [-0.2, -0.15) is 13.2 Å². The van der Waals surface area contributed by atoms with Crippen molar-refractivity contribution in [3.63, 3.8) is 0 Å². The van der Waals surface area contributed by atoms with Crippen LogP contribution in [-0.2, 0) is 12.6 Å². The number of ether oxygens (including phenoxy) is 1. The highest BCUT2D eigenvalue weighted by Crippen LogP contribution is 2.30. The summed E-state index contributed by atoms with van der Waals surface area (Å²) in [6, 6.07) is 12.1. The highest BCUT2D eigenvalue weighted by Gasteiger charge is 2.29. The number of guanidine groups is 1. The predicted molar refractivity (Wildman–Crippen MR) is 114 cm³/mol. The van der Waals surface area contributed by atoms with E-state index in [4.69, 9.17) is 4.74 Å². The molecule has 0 aliphatic carbocycles. The Labute approximate surface area is 180 Å². The van der Waals surface area contributed by atoms with Crippen LogP contribution in [0.15, 0.2) is 53.5 Å². The van der Waals surface area contributed by atoms with E-state index in [1.807, 2.05) is 18.2 Å². The molecular formula is C22H27F3N4O2. The molecule has 0 aliphatic heterocycles. The molecule has 6 nitrogen and oxygen atoms in total. The Kier molecular flexibility index (Phi) is 8.72. The number of rotatable bonds is 8. The fourth-order valence-corrected chi connectivity index (χ4v) is 2.74. The summed E-state index contributed by atoms with van der Waals surface area (Å²) in [5, 5.41) is 6.25. The first kappa shape index (κ1) is 24.0. The number of alkyl halides is 3. The van der Waals surface area contributed by atoms with Crippen LogP contribution in [0.5, 0.6) is 5.75 Å². The number of hydrogen-bond donors (Lipinski definition) is 2. The topological polar surface area (TPSA) is 66.0 Å². The summed E-state index contributed by atoms with van der Waals surface area (Å²) in [5.41, 5.74) is 0.964. The summed E-state index contributed by atoms with van der Waals surface area (Å²) < 4.78 is 43.1. The molecule has 0 unspecified atom stereocenters. The minimum absolute atomic E-state index is 0.0414. The van der Waals surface area contributed by atoms with Crippen molar-refractivity contribution < 1.29 is 22.7 Å². The second-order valence-corrected chi connectivity index (χ2v) is 6.95. The van der Waals surface area contributed by atoms with Gasteiger partial charge in [0.25, 0.3) is 5.91 Å². The summed E-state index contributed by atoms with van der Waals surface area (Å²) in [6.07, 6.45) is -3.65. The lowest BCUT2D eigenvalue weighted by molar-refractivity contribution is -0.137. The number of nitrogens with one attached hydrogen (secondary N) is 2. The molecule has 2 aromatic carbocycles. The van der Waals surface area contributed by atoms with E-state index in [1.165, 1.54) is 17.0 Å². The highest BCUT2D eigenvalue weighted by molar-refractivity contribution is 5.94. The monoisotopic (exact) mass is 436 g/mol. The molecule has 2 N–H and O–H groups in total. The van der Waals surface area contributed by atoms with Crippen LogP contribution >= 0.6 is 0 Å². The number of benzene rings is 2. The smallest absolute Gasteiger partial charge is 0.416 e. The third-order valence-electron chi connectivity index (χ3n) is 4.35. The van der Waals surface area contributed by atoms with Gasteiger partial charge in [-0.3, -0.25) is 9.79 Å². The minimum Gasteiger partial charge on any atom is -0.492 e. The zero-order chi connectivity index (χ0) is 22.9. The van der Waals surface area contributed by atoms with Crippen molar-refractivity contribution in [3.8, 4) is 5.75 Å². The van der Waals surface area contributed by atoms with E-state index in [2.05, 4.69) is 15.6 Å². The third kappa shape index (κ3) is 7.84. The van der Waals surface area contributed by atoms with Gasteiger partial charge < -0.3 is 20.3 Å². The molecule has 1 amide bonds. The molecule has 0 atom stereocenters. The van der Waals surface area contributed by atoms with Gasteiger partial charge in [0.05, 0.1) is 12.1 Å². The summed E-state index contributed by atoms with van der Waals surface area (Å²) >= 11 is 0. The fraction of sp³-hybridized carbons (Fsp3) is 0.364. The van der Waals surface area contributed by atoms with Crippen LogP contribution in [0, 0.1) is 0 Å². The summed E-state index contributed by atoms with van der Waals surface area (Å²) in [5.74, 6) is 0.904. The number of aliphatic imine (C=N–C) groups is 1. The van der Waals surface area contributed by atoms with E-state index in [0.717, 1.165) is 17.7 Å². The van der Waals surface area contributed by atoms with E-state index in [9.17, 15) is 18.0 Å². The molecule has 9 heteroatoms. The predicted octanol–water partition coefficient (Wildman–Crippen LogP) is 3.19.